The van der Waals surface area contributed by atoms with Gasteiger partial charge in [0.2, 0.25) is 5.91 Å². The molecule has 0 fully saturated rings. The third kappa shape index (κ3) is 3.60. The first kappa shape index (κ1) is 14.8. The zero-order valence-electron chi connectivity index (χ0n) is 11.3. The molecule has 98 valence electrons. The zero-order chi connectivity index (χ0) is 13.5. The Bertz CT molecular complexity index is 422. The van der Waals surface area contributed by atoms with E-state index in [1.54, 1.807) is 29.7 Å². The lowest BCUT2D eigenvalue weighted by Crippen LogP contribution is -2.34. The molecular weight excluding hydrogens is 244 g/mol. The van der Waals surface area contributed by atoms with Crippen molar-refractivity contribution < 1.29 is 4.79 Å². The molecular formula is C14H20N2OS. The summed E-state index contributed by atoms with van der Waals surface area (Å²) >= 11 is 1.63. The average Bonchev–Trinajstić information content (AvgIpc) is 2.38. The van der Waals surface area contributed by atoms with Crippen molar-refractivity contribution in [2.45, 2.75) is 27.2 Å². The van der Waals surface area contributed by atoms with Crippen LogP contribution in [0.25, 0.3) is 0 Å². The SMILES string of the molecule is C=CC=C(C(C)=CC)N(C(C)=O)C1=NCCCS1. The number of thioether (sulfide) groups is 1. The summed E-state index contributed by atoms with van der Waals surface area (Å²) in [5.74, 6) is 0.997. The number of hydrogen-bond acceptors (Lipinski definition) is 3. The summed E-state index contributed by atoms with van der Waals surface area (Å²) in [6.07, 6.45) is 6.61. The number of hydrogen-bond donors (Lipinski definition) is 0. The van der Waals surface area contributed by atoms with E-state index in [4.69, 9.17) is 0 Å². The standard InChI is InChI=1S/C14H20N2OS/c1-5-8-13(11(3)6-2)16(12(4)17)14-15-9-7-10-18-14/h5-6,8H,1,7,9-10H2,2-4H3. The van der Waals surface area contributed by atoms with E-state index >= 15 is 0 Å². The maximum Gasteiger partial charge on any atom is 0.230 e. The summed E-state index contributed by atoms with van der Waals surface area (Å²) in [5, 5.41) is 0.794. The Morgan fingerprint density at radius 1 is 1.50 bits per heavy atom. The molecule has 0 saturated heterocycles. The Kier molecular flexibility index (Phi) is 5.92. The molecule has 0 bridgehead atoms. The number of carbonyl (C=O) groups excluding carboxylic acids is 1. The van der Waals surface area contributed by atoms with Gasteiger partial charge in [-0.3, -0.25) is 14.7 Å². The average molecular weight is 264 g/mol. The van der Waals surface area contributed by atoms with E-state index in [1.165, 1.54) is 0 Å². The summed E-state index contributed by atoms with van der Waals surface area (Å²) in [7, 11) is 0. The van der Waals surface area contributed by atoms with Crippen molar-refractivity contribution in [1.82, 2.24) is 4.90 Å². The molecule has 3 nitrogen and oxygen atoms in total. The van der Waals surface area contributed by atoms with Gasteiger partial charge in [-0.15, -0.1) is 0 Å². The number of nitrogens with zero attached hydrogens (tertiary/aromatic N) is 2. The summed E-state index contributed by atoms with van der Waals surface area (Å²) < 4.78 is 0. The third-order valence-corrected chi connectivity index (χ3v) is 3.70. The molecule has 1 rings (SSSR count). The first-order chi connectivity index (χ1) is 8.61. The second-order valence-electron chi connectivity index (χ2n) is 3.98. The maximum atomic E-state index is 11.9. The van der Waals surface area contributed by atoms with Gasteiger partial charge in [0, 0.05) is 19.2 Å². The van der Waals surface area contributed by atoms with Crippen LogP contribution in [-0.2, 0) is 4.79 Å². The quantitative estimate of drug-likeness (QED) is 0.732. The molecule has 0 radical (unpaired) electrons. The molecule has 0 aliphatic carbocycles. The Labute approximate surface area is 113 Å². The van der Waals surface area contributed by atoms with Crippen LogP contribution in [0, 0.1) is 0 Å². The topological polar surface area (TPSA) is 32.7 Å². The summed E-state index contributed by atoms with van der Waals surface area (Å²) in [6.45, 7) is 10.0. The predicted octanol–water partition coefficient (Wildman–Crippen LogP) is 3.36. The van der Waals surface area contributed by atoms with Crippen molar-refractivity contribution in [3.05, 3.63) is 36.1 Å². The fourth-order valence-electron chi connectivity index (χ4n) is 1.63. The van der Waals surface area contributed by atoms with Crippen molar-refractivity contribution in [2.75, 3.05) is 12.3 Å². The van der Waals surface area contributed by atoms with E-state index in [1.807, 2.05) is 26.0 Å². The third-order valence-electron chi connectivity index (χ3n) is 2.64. The van der Waals surface area contributed by atoms with Crippen LogP contribution in [-0.4, -0.2) is 28.3 Å². The molecule has 4 heteroatoms. The molecule has 0 N–H and O–H groups in total. The van der Waals surface area contributed by atoms with Crippen molar-refractivity contribution in [3.63, 3.8) is 0 Å². The van der Waals surface area contributed by atoms with Crippen molar-refractivity contribution in [3.8, 4) is 0 Å². The molecule has 1 aliphatic heterocycles. The monoisotopic (exact) mass is 264 g/mol. The Morgan fingerprint density at radius 2 is 2.22 bits per heavy atom. The first-order valence-electron chi connectivity index (χ1n) is 6.05. The van der Waals surface area contributed by atoms with E-state index in [9.17, 15) is 4.79 Å². The number of aliphatic imine (C=N–C) groups is 1. The van der Waals surface area contributed by atoms with Crippen LogP contribution in [0.2, 0.25) is 0 Å². The molecule has 0 unspecified atom stereocenters. The largest absolute Gasteiger partial charge is 0.274 e. The molecule has 0 atom stereocenters. The van der Waals surface area contributed by atoms with Gasteiger partial charge in [-0.1, -0.05) is 30.5 Å². The fraction of sp³-hybridized carbons (Fsp3) is 0.429. The predicted molar refractivity (Wildman–Crippen MR) is 79.6 cm³/mol. The van der Waals surface area contributed by atoms with Gasteiger partial charge in [-0.25, -0.2) is 0 Å². The highest BCUT2D eigenvalue weighted by atomic mass is 32.2. The normalized spacial score (nSPS) is 17.2. The number of amidine groups is 1. The summed E-state index contributed by atoms with van der Waals surface area (Å²) in [5.41, 5.74) is 1.90. The zero-order valence-corrected chi connectivity index (χ0v) is 12.1. The van der Waals surface area contributed by atoms with E-state index in [0.717, 1.165) is 35.2 Å². The van der Waals surface area contributed by atoms with Gasteiger partial charge in [0.1, 0.15) is 0 Å². The minimum absolute atomic E-state index is 0.0163. The first-order valence-corrected chi connectivity index (χ1v) is 7.04. The second kappa shape index (κ2) is 7.21. The van der Waals surface area contributed by atoms with Gasteiger partial charge in [-0.05, 0) is 31.9 Å². The summed E-state index contributed by atoms with van der Waals surface area (Å²) in [4.78, 5) is 18.0. The highest BCUT2D eigenvalue weighted by molar-refractivity contribution is 8.13. The van der Waals surface area contributed by atoms with Gasteiger partial charge < -0.3 is 0 Å². The molecule has 0 spiro atoms. The highest BCUT2D eigenvalue weighted by Gasteiger charge is 2.22. The number of rotatable bonds is 3. The van der Waals surface area contributed by atoms with Gasteiger partial charge in [0.15, 0.2) is 5.17 Å². The van der Waals surface area contributed by atoms with Gasteiger partial charge in [0.25, 0.3) is 0 Å². The van der Waals surface area contributed by atoms with Crippen LogP contribution in [0.3, 0.4) is 0 Å². The lowest BCUT2D eigenvalue weighted by Gasteiger charge is -2.27. The molecule has 0 aromatic carbocycles. The summed E-state index contributed by atoms with van der Waals surface area (Å²) in [6, 6.07) is 0. The lowest BCUT2D eigenvalue weighted by atomic mass is 10.1. The van der Waals surface area contributed by atoms with Crippen LogP contribution in [0.15, 0.2) is 41.1 Å². The Balaban J connectivity index is 3.17. The minimum Gasteiger partial charge on any atom is -0.274 e. The lowest BCUT2D eigenvalue weighted by molar-refractivity contribution is -0.123. The number of allylic oxidation sites excluding steroid dienone is 4. The van der Waals surface area contributed by atoms with E-state index in [2.05, 4.69) is 11.6 Å². The molecule has 1 aliphatic rings. The van der Waals surface area contributed by atoms with Gasteiger partial charge >= 0.3 is 0 Å². The maximum absolute atomic E-state index is 11.9. The Morgan fingerprint density at radius 3 is 2.67 bits per heavy atom. The molecule has 1 amide bonds. The molecule has 0 aromatic rings. The molecule has 0 saturated carbocycles. The van der Waals surface area contributed by atoms with E-state index in [0.29, 0.717) is 0 Å². The van der Waals surface area contributed by atoms with E-state index < -0.39 is 0 Å². The van der Waals surface area contributed by atoms with Gasteiger partial charge in [-0.2, -0.15) is 0 Å². The van der Waals surface area contributed by atoms with Crippen molar-refractivity contribution in [2.24, 2.45) is 4.99 Å². The number of amides is 1. The Hall–Kier alpha value is -1.29. The van der Waals surface area contributed by atoms with Crippen LogP contribution in [0.1, 0.15) is 27.2 Å². The minimum atomic E-state index is -0.0163. The van der Waals surface area contributed by atoms with Crippen LogP contribution in [0.5, 0.6) is 0 Å². The van der Waals surface area contributed by atoms with Crippen molar-refractivity contribution in [1.29, 1.82) is 0 Å². The molecule has 1 heterocycles. The van der Waals surface area contributed by atoms with Crippen LogP contribution < -0.4 is 0 Å². The second-order valence-corrected chi connectivity index (χ2v) is 5.04. The van der Waals surface area contributed by atoms with Crippen LogP contribution >= 0.6 is 11.8 Å². The smallest absolute Gasteiger partial charge is 0.230 e. The molecule has 18 heavy (non-hydrogen) atoms. The van der Waals surface area contributed by atoms with Crippen molar-refractivity contribution >= 4 is 22.8 Å². The molecule has 0 aromatic heterocycles. The van der Waals surface area contributed by atoms with Gasteiger partial charge in [0.05, 0.1) is 5.70 Å². The van der Waals surface area contributed by atoms with Crippen LogP contribution in [0.4, 0.5) is 0 Å². The van der Waals surface area contributed by atoms with E-state index in [-0.39, 0.29) is 5.91 Å². The highest BCUT2D eigenvalue weighted by Crippen LogP contribution is 2.24. The fourth-order valence-corrected chi connectivity index (χ4v) is 2.63. The number of carbonyl (C=O) groups is 1.